The Hall–Kier alpha value is -5.24. The van der Waals surface area contributed by atoms with E-state index in [1.807, 2.05) is 73.7 Å². The molecular weight excluding hydrogens is 681 g/mol. The van der Waals surface area contributed by atoms with E-state index < -0.39 is 0 Å². The first-order valence-electron chi connectivity index (χ1n) is 19.8. The van der Waals surface area contributed by atoms with Crippen LogP contribution < -0.4 is 0 Å². The second kappa shape index (κ2) is 17.5. The third-order valence-electron chi connectivity index (χ3n) is 10.1. The lowest BCUT2D eigenvalue weighted by Gasteiger charge is -2.34. The van der Waals surface area contributed by atoms with Crippen molar-refractivity contribution in [2.45, 2.75) is 118 Å². The Labute approximate surface area is 327 Å². The van der Waals surface area contributed by atoms with Gasteiger partial charge in [0, 0.05) is 23.0 Å². The van der Waals surface area contributed by atoms with Crippen LogP contribution >= 0.6 is 0 Å². The third-order valence-corrected chi connectivity index (χ3v) is 10.1. The summed E-state index contributed by atoms with van der Waals surface area (Å²) in [5, 5.41) is 40.4. The number of rotatable bonds is 13. The van der Waals surface area contributed by atoms with Gasteiger partial charge in [0.05, 0.1) is 0 Å². The van der Waals surface area contributed by atoms with Crippen LogP contribution in [0.4, 0.5) is 0 Å². The topological polar surface area (TPSA) is 102 Å². The van der Waals surface area contributed by atoms with Gasteiger partial charge in [-0.15, -0.1) is 36.6 Å². The quantitative estimate of drug-likeness (QED) is 0.0903. The lowest BCUT2D eigenvalue weighted by atomic mass is 9.71. The Kier molecular flexibility index (Phi) is 13.0. The number of benzene rings is 4. The van der Waals surface area contributed by atoms with Crippen molar-refractivity contribution in [2.75, 3.05) is 0 Å². The normalized spacial score (nSPS) is 13.3. The van der Waals surface area contributed by atoms with Gasteiger partial charge in [-0.25, -0.2) is 0 Å². The standard InChI is InChI=1S/C26H35N3O.C21H25N3O/c1-8-12-18(9-2)20-15-19(26(6,7)17-25(3,4)5)16-23(24(20)30)29-27-21-13-10-11-14-22(21)28-29;1-4-5-6-7-10-16(3)17-13-15(2)14-20(21(17)25)24-22-18-11-8-9-12-19(18)23-24/h9-11,13-16,18,30H,2,8,12,17H2,1,3-7H3;7-14,16,25H,4-6H2,1-3H3/b;10-7+. The molecule has 0 spiro atoms. The largest absolute Gasteiger partial charge is 0.505 e. The van der Waals surface area contributed by atoms with Gasteiger partial charge in [0.1, 0.15) is 44.9 Å². The smallest absolute Gasteiger partial charge is 0.146 e. The minimum absolute atomic E-state index is 0.0695. The van der Waals surface area contributed by atoms with Gasteiger partial charge >= 0.3 is 0 Å². The first-order chi connectivity index (χ1) is 26.1. The lowest BCUT2D eigenvalue weighted by molar-refractivity contribution is 0.283. The van der Waals surface area contributed by atoms with Crippen LogP contribution in [-0.2, 0) is 5.41 Å². The molecule has 8 heteroatoms. The van der Waals surface area contributed by atoms with Crippen LogP contribution in [0.15, 0.2) is 97.6 Å². The molecular formula is C47H60N6O2. The summed E-state index contributed by atoms with van der Waals surface area (Å²) >= 11 is 0. The molecule has 2 heterocycles. The number of aromatic nitrogens is 6. The fraction of sp³-hybridized carbons (Fsp3) is 0.404. The van der Waals surface area contributed by atoms with Gasteiger partial charge in [0.25, 0.3) is 0 Å². The van der Waals surface area contributed by atoms with Gasteiger partial charge < -0.3 is 10.2 Å². The minimum Gasteiger partial charge on any atom is -0.505 e. The highest BCUT2D eigenvalue weighted by atomic mass is 16.3. The zero-order chi connectivity index (χ0) is 39.9. The first-order valence-corrected chi connectivity index (χ1v) is 19.8. The number of unbranched alkanes of at least 4 members (excludes halogenated alkanes) is 2. The average Bonchev–Trinajstić information content (AvgIpc) is 3.77. The van der Waals surface area contributed by atoms with E-state index >= 15 is 0 Å². The number of phenolic OH excluding ortho intramolecular Hbond substituents is 2. The van der Waals surface area contributed by atoms with Crippen molar-refractivity contribution in [3.8, 4) is 22.9 Å². The van der Waals surface area contributed by atoms with Crippen molar-refractivity contribution in [2.24, 2.45) is 5.41 Å². The average molecular weight is 741 g/mol. The van der Waals surface area contributed by atoms with Gasteiger partial charge in [-0.05, 0) is 84.5 Å². The van der Waals surface area contributed by atoms with Crippen LogP contribution in [0.25, 0.3) is 33.4 Å². The SMILES string of the molecule is C=CC(CCC)c1cc(C(C)(C)CC(C)(C)C)cc(-n2nc3ccccc3n2)c1O.CCCC/C=C/C(C)c1cc(C)cc(-n2nc3ccccc3n2)c1O. The highest BCUT2D eigenvalue weighted by Crippen LogP contribution is 2.42. The summed E-state index contributed by atoms with van der Waals surface area (Å²) in [6.07, 6.45) is 12.7. The van der Waals surface area contributed by atoms with E-state index in [4.69, 9.17) is 0 Å². The van der Waals surface area contributed by atoms with Gasteiger partial charge in [-0.3, -0.25) is 0 Å². The Bertz CT molecular complexity index is 2190. The number of aromatic hydroxyl groups is 2. The van der Waals surface area contributed by atoms with Gasteiger partial charge in [0.2, 0.25) is 0 Å². The predicted molar refractivity (Wildman–Crippen MR) is 228 cm³/mol. The van der Waals surface area contributed by atoms with Crippen molar-refractivity contribution in [3.05, 3.63) is 120 Å². The number of nitrogens with zero attached hydrogens (tertiary/aromatic N) is 6. The van der Waals surface area contributed by atoms with E-state index in [9.17, 15) is 10.2 Å². The molecule has 0 amide bonds. The van der Waals surface area contributed by atoms with E-state index in [0.717, 1.165) is 64.4 Å². The summed E-state index contributed by atoms with van der Waals surface area (Å²) in [6.45, 7) is 23.9. The summed E-state index contributed by atoms with van der Waals surface area (Å²) < 4.78 is 0. The fourth-order valence-corrected chi connectivity index (χ4v) is 7.55. The number of hydrogen-bond acceptors (Lipinski definition) is 6. The summed E-state index contributed by atoms with van der Waals surface area (Å²) in [5.74, 6) is 0.715. The van der Waals surface area contributed by atoms with Crippen molar-refractivity contribution < 1.29 is 10.2 Å². The first kappa shape index (κ1) is 40.9. The fourth-order valence-electron chi connectivity index (χ4n) is 7.55. The van der Waals surface area contributed by atoms with Crippen molar-refractivity contribution in [3.63, 3.8) is 0 Å². The summed E-state index contributed by atoms with van der Waals surface area (Å²) in [7, 11) is 0. The number of allylic oxidation sites excluding steroid dienone is 3. The van der Waals surface area contributed by atoms with E-state index in [-0.39, 0.29) is 34.2 Å². The van der Waals surface area contributed by atoms with E-state index in [0.29, 0.717) is 11.4 Å². The molecule has 4 aromatic carbocycles. The maximum Gasteiger partial charge on any atom is 0.146 e. The van der Waals surface area contributed by atoms with E-state index in [2.05, 4.69) is 107 Å². The molecule has 2 atom stereocenters. The highest BCUT2D eigenvalue weighted by Gasteiger charge is 2.30. The van der Waals surface area contributed by atoms with Crippen LogP contribution in [0, 0.1) is 12.3 Å². The number of hydrogen-bond donors (Lipinski definition) is 2. The molecule has 0 fully saturated rings. The molecule has 0 saturated carbocycles. The monoisotopic (exact) mass is 740 g/mol. The maximum absolute atomic E-state index is 11.3. The van der Waals surface area contributed by atoms with Crippen LogP contribution in [-0.4, -0.2) is 40.2 Å². The molecule has 0 radical (unpaired) electrons. The lowest BCUT2D eigenvalue weighted by Crippen LogP contribution is -2.25. The molecule has 6 aromatic rings. The Morgan fingerprint density at radius 3 is 1.71 bits per heavy atom. The predicted octanol–water partition coefficient (Wildman–Crippen LogP) is 12.2. The second-order valence-corrected chi connectivity index (χ2v) is 16.7. The van der Waals surface area contributed by atoms with Crippen LogP contribution in [0.3, 0.4) is 0 Å². The molecule has 0 bridgehead atoms. The maximum atomic E-state index is 11.3. The van der Waals surface area contributed by atoms with Crippen LogP contribution in [0.5, 0.6) is 11.5 Å². The van der Waals surface area contributed by atoms with Gasteiger partial charge in [-0.1, -0.05) is 129 Å². The molecule has 2 N–H and O–H groups in total. The van der Waals surface area contributed by atoms with Gasteiger partial charge in [-0.2, -0.15) is 0 Å². The molecule has 55 heavy (non-hydrogen) atoms. The Balaban J connectivity index is 0.000000214. The van der Waals surface area contributed by atoms with Crippen LogP contribution in [0.1, 0.15) is 128 Å². The molecule has 0 aliphatic carbocycles. The van der Waals surface area contributed by atoms with Crippen molar-refractivity contribution in [1.82, 2.24) is 30.0 Å². The molecule has 290 valence electrons. The molecule has 8 nitrogen and oxygen atoms in total. The molecule has 6 rings (SSSR count). The summed E-state index contributed by atoms with van der Waals surface area (Å²) in [4.78, 5) is 3.11. The van der Waals surface area contributed by atoms with Gasteiger partial charge in [0.15, 0.2) is 0 Å². The molecule has 0 aliphatic heterocycles. The molecule has 2 aromatic heterocycles. The Morgan fingerprint density at radius 2 is 1.24 bits per heavy atom. The van der Waals surface area contributed by atoms with Crippen LogP contribution in [0.2, 0.25) is 0 Å². The summed E-state index contributed by atoms with van der Waals surface area (Å²) in [5.41, 5.74) is 8.70. The van der Waals surface area contributed by atoms with Crippen molar-refractivity contribution >= 4 is 22.1 Å². The number of aryl methyl sites for hydroxylation is 1. The third kappa shape index (κ3) is 9.90. The summed E-state index contributed by atoms with van der Waals surface area (Å²) in [6, 6.07) is 23.7. The molecule has 2 unspecified atom stereocenters. The van der Waals surface area contributed by atoms with Crippen molar-refractivity contribution in [1.29, 1.82) is 0 Å². The zero-order valence-corrected chi connectivity index (χ0v) is 34.3. The second-order valence-electron chi connectivity index (χ2n) is 16.7. The minimum atomic E-state index is -0.0695. The van der Waals surface area contributed by atoms with E-state index in [1.54, 1.807) is 4.80 Å². The van der Waals surface area contributed by atoms with E-state index in [1.165, 1.54) is 23.2 Å². The highest BCUT2D eigenvalue weighted by molar-refractivity contribution is 5.74. The molecule has 0 aliphatic rings. The zero-order valence-electron chi connectivity index (χ0n) is 34.3. The molecule has 0 saturated heterocycles. The Morgan fingerprint density at radius 1 is 0.727 bits per heavy atom. The number of fused-ring (bicyclic) bond motifs is 2. The number of phenols is 2.